The van der Waals surface area contributed by atoms with Gasteiger partial charge in [-0.1, -0.05) is 304 Å². The Hall–Kier alpha value is -17.8. The molecule has 0 fully saturated rings. The van der Waals surface area contributed by atoms with E-state index in [4.69, 9.17) is 48.9 Å². The van der Waals surface area contributed by atoms with Crippen molar-refractivity contribution in [2.45, 2.75) is 105 Å². The second-order valence-electron chi connectivity index (χ2n) is 38.8. The molecule has 20 nitrogen and oxygen atoms in total. The highest BCUT2D eigenvalue weighted by molar-refractivity contribution is 6.15. The molecular weight excluding hydrogens is 1810 g/mol. The van der Waals surface area contributed by atoms with Gasteiger partial charge < -0.3 is 39.4 Å². The van der Waals surface area contributed by atoms with Gasteiger partial charge in [0.1, 0.15) is 23.0 Å². The van der Waals surface area contributed by atoms with Gasteiger partial charge in [-0.2, -0.15) is 39.9 Å². The summed E-state index contributed by atoms with van der Waals surface area (Å²) in [6, 6.07) is 115. The topological polar surface area (TPSA) is 273 Å². The Balaban J connectivity index is 0.000000111. The largest absolute Gasteiger partial charge is 0.507 e. The van der Waals surface area contributed by atoms with Gasteiger partial charge in [-0.25, -0.2) is 19.9 Å². The van der Waals surface area contributed by atoms with Crippen molar-refractivity contribution in [2.24, 2.45) is 0 Å². The number of aromatic nitrogens is 12. The van der Waals surface area contributed by atoms with Crippen molar-refractivity contribution in [2.75, 3.05) is 26.4 Å². The monoisotopic (exact) mass is 1910 g/mol. The van der Waals surface area contributed by atoms with E-state index in [0.29, 0.717) is 95.3 Å². The molecule has 0 bridgehead atoms. The van der Waals surface area contributed by atoms with E-state index >= 15 is 0 Å². The van der Waals surface area contributed by atoms with Crippen LogP contribution in [0.5, 0.6) is 47.0 Å². The molecule has 4 aliphatic rings. The summed E-state index contributed by atoms with van der Waals surface area (Å²) < 4.78 is 22.8. The summed E-state index contributed by atoms with van der Waals surface area (Å²) in [5.41, 5.74) is 27.7. The van der Waals surface area contributed by atoms with E-state index in [1.807, 2.05) is 64.1 Å². The highest BCUT2D eigenvalue weighted by atomic mass is 16.5. The van der Waals surface area contributed by atoms with E-state index in [1.54, 1.807) is 72.8 Å². The van der Waals surface area contributed by atoms with Crippen LogP contribution in [0.25, 0.3) is 190 Å². The summed E-state index contributed by atoms with van der Waals surface area (Å²) in [7, 11) is 0. The molecule has 17 aromatic carbocycles. The average molecular weight is 1910 g/mol. The summed E-state index contributed by atoms with van der Waals surface area (Å²) in [6.07, 6.45) is 0. The Labute approximate surface area is 846 Å². The van der Waals surface area contributed by atoms with Crippen molar-refractivity contribution >= 4 is 43.1 Å². The minimum atomic E-state index is -0.218. The first-order valence-corrected chi connectivity index (χ1v) is 49.4. The van der Waals surface area contributed by atoms with Gasteiger partial charge in [0.2, 0.25) is 0 Å². The molecule has 21 aromatic rings. The molecule has 0 spiro atoms. The zero-order chi connectivity index (χ0) is 101. The Bertz CT molecular complexity index is 8780. The number of ether oxygens (including phenoxy) is 4. The molecule has 0 amide bonds. The highest BCUT2D eigenvalue weighted by Gasteiger charge is 2.43. The molecule has 0 aliphatic heterocycles. The van der Waals surface area contributed by atoms with E-state index in [2.05, 4.69) is 316 Å². The maximum atomic E-state index is 10.6. The molecule has 0 saturated heterocycles. The molecule has 4 aliphatic carbocycles. The molecule has 25 rings (SSSR count). The fourth-order valence-corrected chi connectivity index (χ4v) is 21.3. The summed E-state index contributed by atoms with van der Waals surface area (Å²) in [6.45, 7) is 27.5. The van der Waals surface area contributed by atoms with Gasteiger partial charge in [-0.15, -0.1) is 0 Å². The predicted molar refractivity (Wildman–Crippen MR) is 580 cm³/mol. The van der Waals surface area contributed by atoms with Crippen LogP contribution in [0.4, 0.5) is 0 Å². The molecule has 0 unspecified atom stereocenters. The lowest BCUT2D eigenvalue weighted by molar-refractivity contribution is 0.312. The van der Waals surface area contributed by atoms with Gasteiger partial charge in [0, 0.05) is 43.9 Å². The molecule has 0 atom stereocenters. The number of rotatable bonds is 17. The molecule has 4 N–H and O–H groups in total. The third-order valence-electron chi connectivity index (χ3n) is 28.6. The first-order chi connectivity index (χ1) is 70.9. The molecule has 20 heteroatoms. The Morgan fingerprint density at radius 2 is 0.486 bits per heavy atom. The summed E-state index contributed by atoms with van der Waals surface area (Å²) in [4.78, 5) is 55.7. The predicted octanol–water partition coefficient (Wildman–Crippen LogP) is 28.7. The zero-order valence-corrected chi connectivity index (χ0v) is 82.9. The average Bonchev–Trinajstić information content (AvgIpc) is 1.54. The van der Waals surface area contributed by atoms with E-state index in [0.717, 1.165) is 38.4 Å². The summed E-state index contributed by atoms with van der Waals surface area (Å²) in [5.74, 6) is 4.03. The third-order valence-corrected chi connectivity index (χ3v) is 28.6. The van der Waals surface area contributed by atoms with Crippen molar-refractivity contribution in [1.29, 1.82) is 0 Å². The lowest BCUT2D eigenvalue weighted by atomic mass is 9.81. The number of hydrogen-bond acceptors (Lipinski definition) is 20. The third kappa shape index (κ3) is 16.6. The second-order valence-corrected chi connectivity index (χ2v) is 38.8. The normalized spacial score (nSPS) is 13.4. The smallest absolute Gasteiger partial charge is 0.320 e. The van der Waals surface area contributed by atoms with Crippen LogP contribution in [0.1, 0.15) is 128 Å². The quantitative estimate of drug-likeness (QED) is 0.0659. The van der Waals surface area contributed by atoms with Crippen molar-refractivity contribution in [3.8, 4) is 194 Å². The molecule has 4 heterocycles. The number of aromatic hydroxyl groups is 4. The summed E-state index contributed by atoms with van der Waals surface area (Å²) in [5, 5.41) is 51.3. The van der Waals surface area contributed by atoms with Crippen LogP contribution in [-0.2, 0) is 21.7 Å². The van der Waals surface area contributed by atoms with Gasteiger partial charge in [0.15, 0.2) is 46.6 Å². The highest BCUT2D eigenvalue weighted by Crippen LogP contribution is 2.59. The van der Waals surface area contributed by atoms with Crippen LogP contribution in [-0.4, -0.2) is 107 Å². The standard InChI is InChI=1S/C34H27N3O2.C32H27N3O2.2C30H25N3O2/c1-4-39-33-36-31(24-15-9-10-16-28(24)38)35-32(37-33)25-19-27-30(23-14-8-7-13-22(23)25)29-21-12-6-5-11-20(21)17-18-26(29)34(27,2)3;1-4-37-31-34-29(33-30(35-31)25-12-8-9-13-28(25)36)22-15-17-24-23-16-14-21(20-10-6-5-7-11-20)18-26(23)32(2,3)27(24)19-22;1-4-35-29-32-27(21-14-8-10-16-25(21)34)31-28(33-29)22-17-24-26(19-12-6-5-11-18(19)22)20-13-7-9-15-23(20)30(24,2)3;1-4-35-29-32-27(31-28(33-29)22-11-7-8-12-26(22)34)20-13-14-21-23-15-18-9-5-6-10-19(18)16-25(23)30(2,3)24(21)17-20/h5-19,38H,4H2,1-3H3;5-19,36H,4H2,1-3H3;2*5-17,34H,4H2,1-3H3. The van der Waals surface area contributed by atoms with Crippen LogP contribution in [0, 0.1) is 0 Å². The molecular formula is C126H104N12O8. The number of phenolic OH excluding ortho intramolecular Hbond substituents is 4. The first-order valence-electron chi connectivity index (χ1n) is 49.4. The van der Waals surface area contributed by atoms with Crippen molar-refractivity contribution in [3.05, 3.63) is 384 Å². The molecule has 0 saturated carbocycles. The number of fused-ring (bicyclic) bond motifs is 19. The SMILES string of the molecule is CCOc1nc(-c2ccc3c(c2)C(C)(C)c2cc(-c4ccccc4)ccc2-3)nc(-c2ccccc2O)n1.CCOc1nc(-c2ccc3c(c2)C(C)(C)c2cc4ccccc4cc2-3)nc(-c2ccccc2O)n1.CCOc1nc(-c2ccccc2O)nc(-c2cc3c(c4ccccc24)-c2c(ccc4ccccc24)C3(C)C)n1.CCOc1nc(-c2ccccc2O)nc(-c2cc3c(c4ccccc24)-c2ccccc2C3(C)C)n1. The number of hydrogen-bond donors (Lipinski definition) is 4. The molecule has 716 valence electrons. The Kier molecular flexibility index (Phi) is 24.0. The number of nitrogens with zero attached hydrogens (tertiary/aromatic N) is 12. The van der Waals surface area contributed by atoms with Crippen LogP contribution in [0.2, 0.25) is 0 Å². The van der Waals surface area contributed by atoms with E-state index in [9.17, 15) is 20.4 Å². The molecule has 146 heavy (non-hydrogen) atoms. The van der Waals surface area contributed by atoms with Gasteiger partial charge in [0.05, 0.1) is 48.7 Å². The van der Waals surface area contributed by atoms with E-state index < -0.39 is 0 Å². The lowest BCUT2D eigenvalue weighted by Crippen LogP contribution is -2.15. The van der Waals surface area contributed by atoms with Crippen LogP contribution in [0.3, 0.4) is 0 Å². The van der Waals surface area contributed by atoms with Gasteiger partial charge in [-0.3, -0.25) is 0 Å². The number of phenols is 4. The van der Waals surface area contributed by atoms with Crippen molar-refractivity contribution in [1.82, 2.24) is 59.8 Å². The minimum absolute atomic E-state index is 0.111. The van der Waals surface area contributed by atoms with Crippen LogP contribution in [0.15, 0.2) is 340 Å². The summed E-state index contributed by atoms with van der Waals surface area (Å²) >= 11 is 0. The zero-order valence-electron chi connectivity index (χ0n) is 82.9. The molecule has 4 aromatic heterocycles. The Morgan fingerprint density at radius 3 is 0.925 bits per heavy atom. The van der Waals surface area contributed by atoms with E-state index in [1.165, 1.54) is 127 Å². The second kappa shape index (κ2) is 37.6. The van der Waals surface area contributed by atoms with E-state index in [-0.39, 0.29) is 68.7 Å². The van der Waals surface area contributed by atoms with Gasteiger partial charge in [-0.05, 0) is 262 Å². The molecule has 0 radical (unpaired) electrons. The lowest BCUT2D eigenvalue weighted by Gasteiger charge is -2.23. The minimum Gasteiger partial charge on any atom is -0.507 e. The fraction of sp³-hybridized carbons (Fsp3) is 0.159. The van der Waals surface area contributed by atoms with Crippen LogP contribution < -0.4 is 18.9 Å². The van der Waals surface area contributed by atoms with Crippen molar-refractivity contribution < 1.29 is 39.4 Å². The van der Waals surface area contributed by atoms with Crippen LogP contribution >= 0.6 is 0 Å². The fourth-order valence-electron chi connectivity index (χ4n) is 21.3. The Morgan fingerprint density at radius 1 is 0.185 bits per heavy atom. The number of benzene rings is 17. The number of para-hydroxylation sites is 4. The van der Waals surface area contributed by atoms with Gasteiger partial charge >= 0.3 is 24.0 Å². The van der Waals surface area contributed by atoms with Crippen molar-refractivity contribution in [3.63, 3.8) is 0 Å². The maximum Gasteiger partial charge on any atom is 0.320 e. The van der Waals surface area contributed by atoms with Gasteiger partial charge in [0.25, 0.3) is 0 Å². The first kappa shape index (κ1) is 93.2. The maximum absolute atomic E-state index is 10.6.